The van der Waals surface area contributed by atoms with Crippen LogP contribution in [-0.4, -0.2) is 37.1 Å². The van der Waals surface area contributed by atoms with Crippen molar-refractivity contribution in [2.24, 2.45) is 5.10 Å². The van der Waals surface area contributed by atoms with Crippen LogP contribution in [0.15, 0.2) is 53.6 Å². The molecule has 0 saturated carbocycles. The predicted octanol–water partition coefficient (Wildman–Crippen LogP) is 1.94. The van der Waals surface area contributed by atoms with E-state index in [1.165, 1.54) is 6.21 Å². The van der Waals surface area contributed by atoms with Crippen LogP contribution in [0.1, 0.15) is 12.5 Å². The van der Waals surface area contributed by atoms with Crippen molar-refractivity contribution in [3.63, 3.8) is 0 Å². The summed E-state index contributed by atoms with van der Waals surface area (Å²) in [6.45, 7) is 1.90. The summed E-state index contributed by atoms with van der Waals surface area (Å²) in [4.78, 5) is 34.5. The van der Waals surface area contributed by atoms with Gasteiger partial charge in [-0.15, -0.1) is 0 Å². The van der Waals surface area contributed by atoms with Gasteiger partial charge in [0.1, 0.15) is 5.75 Å². The fraction of sp³-hybridized carbons (Fsp3) is 0.158. The van der Waals surface area contributed by atoms with E-state index in [1.54, 1.807) is 55.5 Å². The summed E-state index contributed by atoms with van der Waals surface area (Å²) in [7, 11) is 0. The van der Waals surface area contributed by atoms with Gasteiger partial charge < -0.3 is 15.4 Å². The topological polar surface area (TPSA) is 109 Å². The van der Waals surface area contributed by atoms with Gasteiger partial charge in [-0.2, -0.15) is 5.10 Å². The molecule has 146 valence electrons. The van der Waals surface area contributed by atoms with Gasteiger partial charge in [0, 0.05) is 17.3 Å². The summed E-state index contributed by atoms with van der Waals surface area (Å²) in [5, 5.41) is 9.27. The van der Waals surface area contributed by atoms with Crippen molar-refractivity contribution in [2.75, 3.05) is 18.5 Å². The molecule has 8 nitrogen and oxygen atoms in total. The molecule has 2 aromatic carbocycles. The second-order valence-corrected chi connectivity index (χ2v) is 5.91. The van der Waals surface area contributed by atoms with Crippen molar-refractivity contribution in [2.45, 2.75) is 6.92 Å². The number of halogens is 1. The molecule has 28 heavy (non-hydrogen) atoms. The minimum Gasteiger partial charge on any atom is -0.484 e. The third-order valence-corrected chi connectivity index (χ3v) is 3.52. The fourth-order valence-corrected chi connectivity index (χ4v) is 2.21. The lowest BCUT2D eigenvalue weighted by Crippen LogP contribution is -2.37. The Morgan fingerprint density at radius 2 is 1.86 bits per heavy atom. The van der Waals surface area contributed by atoms with E-state index in [0.29, 0.717) is 28.6 Å². The molecule has 0 heterocycles. The van der Waals surface area contributed by atoms with Gasteiger partial charge in [-0.1, -0.05) is 17.7 Å². The summed E-state index contributed by atoms with van der Waals surface area (Å²) in [5.41, 5.74) is 3.38. The maximum atomic E-state index is 11.9. The van der Waals surface area contributed by atoms with Crippen LogP contribution in [0, 0.1) is 0 Å². The average Bonchev–Trinajstić information content (AvgIpc) is 2.67. The summed E-state index contributed by atoms with van der Waals surface area (Å²) in [6.07, 6.45) is 1.38. The minimum absolute atomic E-state index is 0.164. The lowest BCUT2D eigenvalue weighted by molar-refractivity contribution is -0.139. The molecular weight excluding hydrogens is 384 g/mol. The number of carbonyl (C=O) groups excluding carboxylic acids is 3. The zero-order valence-corrected chi connectivity index (χ0v) is 15.8. The monoisotopic (exact) mass is 402 g/mol. The van der Waals surface area contributed by atoms with E-state index in [1.807, 2.05) is 0 Å². The van der Waals surface area contributed by atoms with Crippen LogP contribution in [-0.2, 0) is 14.4 Å². The molecule has 2 aromatic rings. The van der Waals surface area contributed by atoms with Gasteiger partial charge in [0.15, 0.2) is 6.61 Å². The van der Waals surface area contributed by atoms with Gasteiger partial charge in [-0.3, -0.25) is 14.4 Å². The third kappa shape index (κ3) is 7.08. The Bertz CT molecular complexity index is 868. The second-order valence-electron chi connectivity index (χ2n) is 5.47. The number of rotatable bonds is 7. The standard InChI is InChI=1S/C19H19ClN4O4/c1-2-21-18(26)19(27)24-22-11-13-6-8-16(9-7-13)28-12-17(25)23-15-5-3-4-14(20)10-15/h3-11H,2,12H2,1H3,(H,21,26)(H,23,25)(H,24,27)/b22-11-. The third-order valence-electron chi connectivity index (χ3n) is 3.28. The molecule has 0 unspecified atom stereocenters. The lowest BCUT2D eigenvalue weighted by Gasteiger charge is -2.08. The average molecular weight is 403 g/mol. The molecule has 0 aliphatic heterocycles. The van der Waals surface area contributed by atoms with Crippen LogP contribution in [0.2, 0.25) is 5.02 Å². The molecule has 3 amide bonds. The first-order valence-electron chi connectivity index (χ1n) is 8.37. The minimum atomic E-state index is -0.844. The normalized spacial score (nSPS) is 10.4. The summed E-state index contributed by atoms with van der Waals surface area (Å²) in [5.74, 6) is -1.42. The molecule has 0 radical (unpaired) electrons. The number of hydrogen-bond donors (Lipinski definition) is 3. The summed E-state index contributed by atoms with van der Waals surface area (Å²) in [6, 6.07) is 13.5. The van der Waals surface area contributed by atoms with E-state index < -0.39 is 11.8 Å². The van der Waals surface area contributed by atoms with Gasteiger partial charge in [-0.05, 0) is 55.0 Å². The molecule has 0 saturated heterocycles. The van der Waals surface area contributed by atoms with Crippen molar-refractivity contribution in [1.82, 2.24) is 10.7 Å². The van der Waals surface area contributed by atoms with Crippen molar-refractivity contribution in [1.29, 1.82) is 0 Å². The smallest absolute Gasteiger partial charge is 0.329 e. The van der Waals surface area contributed by atoms with Crippen molar-refractivity contribution in [3.8, 4) is 5.75 Å². The van der Waals surface area contributed by atoms with E-state index in [4.69, 9.17) is 16.3 Å². The van der Waals surface area contributed by atoms with Crippen LogP contribution >= 0.6 is 11.6 Å². The number of anilines is 1. The van der Waals surface area contributed by atoms with Crippen LogP contribution in [0.4, 0.5) is 5.69 Å². The number of hydrogen-bond acceptors (Lipinski definition) is 5. The summed E-state index contributed by atoms with van der Waals surface area (Å²) < 4.78 is 5.41. The van der Waals surface area contributed by atoms with E-state index in [0.717, 1.165) is 0 Å². The Morgan fingerprint density at radius 3 is 2.54 bits per heavy atom. The van der Waals surface area contributed by atoms with Gasteiger partial charge in [0.2, 0.25) is 0 Å². The highest BCUT2D eigenvalue weighted by Gasteiger charge is 2.10. The first-order chi connectivity index (χ1) is 13.5. The van der Waals surface area contributed by atoms with E-state index in [9.17, 15) is 14.4 Å². The molecule has 0 atom stereocenters. The van der Waals surface area contributed by atoms with E-state index >= 15 is 0 Å². The van der Waals surface area contributed by atoms with Gasteiger partial charge in [-0.25, -0.2) is 5.43 Å². The van der Waals surface area contributed by atoms with Crippen LogP contribution < -0.4 is 20.8 Å². The Morgan fingerprint density at radius 1 is 1.11 bits per heavy atom. The quantitative estimate of drug-likeness (QED) is 0.373. The number of benzene rings is 2. The highest BCUT2D eigenvalue weighted by Crippen LogP contribution is 2.15. The zero-order chi connectivity index (χ0) is 20.4. The van der Waals surface area contributed by atoms with E-state index in [2.05, 4.69) is 21.2 Å². The SMILES string of the molecule is CCNC(=O)C(=O)N/N=C\c1ccc(OCC(=O)Nc2cccc(Cl)c2)cc1. The fourth-order valence-electron chi connectivity index (χ4n) is 2.02. The van der Waals surface area contributed by atoms with Gasteiger partial charge >= 0.3 is 11.8 Å². The number of likely N-dealkylation sites (N-methyl/N-ethyl adjacent to an activating group) is 1. The molecule has 0 bridgehead atoms. The molecule has 0 aliphatic carbocycles. The molecule has 0 aromatic heterocycles. The highest BCUT2D eigenvalue weighted by atomic mass is 35.5. The Hall–Kier alpha value is -3.39. The van der Waals surface area contributed by atoms with Gasteiger partial charge in [0.25, 0.3) is 5.91 Å². The molecule has 0 aliphatic rings. The molecule has 0 fully saturated rings. The molecule has 0 spiro atoms. The Balaban J connectivity index is 1.79. The molecule has 3 N–H and O–H groups in total. The van der Waals surface area contributed by atoms with Crippen molar-refractivity contribution in [3.05, 3.63) is 59.1 Å². The van der Waals surface area contributed by atoms with Crippen molar-refractivity contribution < 1.29 is 19.1 Å². The maximum Gasteiger partial charge on any atom is 0.329 e. The Labute approximate surface area is 166 Å². The number of nitrogens with zero attached hydrogens (tertiary/aromatic N) is 1. The number of ether oxygens (including phenoxy) is 1. The first-order valence-corrected chi connectivity index (χ1v) is 8.75. The molecular formula is C19H19ClN4O4. The number of amides is 3. The van der Waals surface area contributed by atoms with Gasteiger partial charge in [0.05, 0.1) is 6.21 Å². The molecule has 9 heteroatoms. The number of nitrogens with one attached hydrogen (secondary N) is 3. The van der Waals surface area contributed by atoms with E-state index in [-0.39, 0.29) is 12.5 Å². The van der Waals surface area contributed by atoms with Crippen LogP contribution in [0.5, 0.6) is 5.75 Å². The zero-order valence-electron chi connectivity index (χ0n) is 15.1. The maximum absolute atomic E-state index is 11.9. The largest absolute Gasteiger partial charge is 0.484 e. The lowest BCUT2D eigenvalue weighted by atomic mass is 10.2. The second kappa shape index (κ2) is 10.7. The summed E-state index contributed by atoms with van der Waals surface area (Å²) >= 11 is 5.86. The molecule has 2 rings (SSSR count). The highest BCUT2D eigenvalue weighted by molar-refractivity contribution is 6.35. The Kier molecular flexibility index (Phi) is 7.98. The predicted molar refractivity (Wildman–Crippen MR) is 106 cm³/mol. The van der Waals surface area contributed by atoms with Crippen LogP contribution in [0.3, 0.4) is 0 Å². The van der Waals surface area contributed by atoms with Crippen molar-refractivity contribution >= 4 is 41.2 Å². The van der Waals surface area contributed by atoms with Crippen LogP contribution in [0.25, 0.3) is 0 Å². The number of hydrazone groups is 1. The first kappa shape index (κ1) is 20.9. The number of carbonyl (C=O) groups is 3.